The molecule has 0 fully saturated rings. The van der Waals surface area contributed by atoms with Gasteiger partial charge in [0.1, 0.15) is 0 Å². The predicted molar refractivity (Wildman–Crippen MR) is 113 cm³/mol. The summed E-state index contributed by atoms with van der Waals surface area (Å²) in [5, 5.41) is 10.0. The Hall–Kier alpha value is -0.670. The van der Waals surface area contributed by atoms with E-state index in [1.54, 1.807) is 11.3 Å². The maximum absolute atomic E-state index is 4.47. The maximum Gasteiger partial charge on any atom is 0.191 e. The van der Waals surface area contributed by atoms with Gasteiger partial charge in [0.15, 0.2) is 5.96 Å². The molecule has 2 aromatic heterocycles. The Bertz CT molecular complexity index is 621. The third-order valence-electron chi connectivity index (χ3n) is 3.25. The van der Waals surface area contributed by atoms with Crippen molar-refractivity contribution >= 4 is 52.6 Å². The minimum atomic E-state index is 0. The summed E-state index contributed by atoms with van der Waals surface area (Å²) < 4.78 is 0. The number of aryl methyl sites for hydroxylation is 2. The van der Waals surface area contributed by atoms with E-state index in [1.807, 2.05) is 25.3 Å². The van der Waals surface area contributed by atoms with E-state index in [0.717, 1.165) is 36.0 Å². The van der Waals surface area contributed by atoms with Gasteiger partial charge in [-0.3, -0.25) is 4.99 Å². The third-order valence-corrected chi connectivity index (χ3v) is 5.10. The number of aromatic nitrogens is 1. The highest BCUT2D eigenvalue weighted by molar-refractivity contribution is 14.0. The summed E-state index contributed by atoms with van der Waals surface area (Å²) in [4.78, 5) is 11.5. The van der Waals surface area contributed by atoms with E-state index >= 15 is 0 Å². The van der Waals surface area contributed by atoms with Crippen molar-refractivity contribution in [1.29, 1.82) is 0 Å². The molecule has 0 saturated heterocycles. The molecule has 128 valence electrons. The molecule has 0 aromatic carbocycles. The Balaban J connectivity index is 0.00000264. The van der Waals surface area contributed by atoms with E-state index in [0.29, 0.717) is 6.04 Å². The number of nitrogens with one attached hydrogen (secondary N) is 2. The van der Waals surface area contributed by atoms with Crippen molar-refractivity contribution in [2.45, 2.75) is 39.7 Å². The normalized spacial score (nSPS) is 12.6. The Morgan fingerprint density at radius 3 is 2.70 bits per heavy atom. The number of rotatable bonds is 6. The lowest BCUT2D eigenvalue weighted by Crippen LogP contribution is -2.43. The average Bonchev–Trinajstić information content (AvgIpc) is 3.06. The SMILES string of the molecule is CN=C(NCCc1csc(C)n1)NC(C)Cc1ccc(C)s1.I. The fourth-order valence-corrected chi connectivity index (χ4v) is 3.87. The van der Waals surface area contributed by atoms with Gasteiger partial charge in [-0.1, -0.05) is 0 Å². The molecule has 2 rings (SSSR count). The number of hydrogen-bond donors (Lipinski definition) is 2. The molecule has 2 aromatic rings. The maximum atomic E-state index is 4.47. The number of thiazole rings is 1. The zero-order valence-electron chi connectivity index (χ0n) is 14.0. The van der Waals surface area contributed by atoms with Gasteiger partial charge in [-0.15, -0.1) is 46.7 Å². The predicted octanol–water partition coefficient (Wildman–Crippen LogP) is 3.78. The Labute approximate surface area is 163 Å². The quantitative estimate of drug-likeness (QED) is 0.389. The highest BCUT2D eigenvalue weighted by atomic mass is 127. The number of guanidine groups is 1. The standard InChI is InChI=1S/C16H24N4S2.HI/c1-11(9-15-6-5-12(2)22-15)19-16(17-4)18-8-7-14-10-21-13(3)20-14;/h5-6,10-11H,7-9H2,1-4H3,(H2,17,18,19);1H. The van der Waals surface area contributed by atoms with Gasteiger partial charge in [-0.05, 0) is 32.9 Å². The number of aliphatic imine (C=N–C) groups is 1. The van der Waals surface area contributed by atoms with Crippen molar-refractivity contribution in [2.24, 2.45) is 4.99 Å². The fraction of sp³-hybridized carbons (Fsp3) is 0.500. The van der Waals surface area contributed by atoms with Crippen LogP contribution in [0.25, 0.3) is 0 Å². The minimum absolute atomic E-state index is 0. The summed E-state index contributed by atoms with van der Waals surface area (Å²) in [5.74, 6) is 0.854. The zero-order valence-corrected chi connectivity index (χ0v) is 18.0. The van der Waals surface area contributed by atoms with Gasteiger partial charge < -0.3 is 10.6 Å². The first kappa shape index (κ1) is 20.4. The molecule has 0 aliphatic carbocycles. The third kappa shape index (κ3) is 7.17. The highest BCUT2D eigenvalue weighted by Gasteiger charge is 2.08. The van der Waals surface area contributed by atoms with Crippen LogP contribution in [0.1, 0.15) is 27.4 Å². The molecule has 0 radical (unpaired) electrons. The van der Waals surface area contributed by atoms with Gasteiger partial charge in [0.25, 0.3) is 0 Å². The first-order valence-electron chi connectivity index (χ1n) is 7.50. The van der Waals surface area contributed by atoms with Crippen molar-refractivity contribution in [3.8, 4) is 0 Å². The number of halogens is 1. The Morgan fingerprint density at radius 1 is 1.35 bits per heavy atom. The summed E-state index contributed by atoms with van der Waals surface area (Å²) in [6.45, 7) is 7.21. The van der Waals surface area contributed by atoms with Crippen molar-refractivity contribution in [3.05, 3.63) is 38.0 Å². The summed E-state index contributed by atoms with van der Waals surface area (Å²) in [5.41, 5.74) is 1.15. The minimum Gasteiger partial charge on any atom is -0.356 e. The average molecular weight is 464 g/mol. The Morgan fingerprint density at radius 2 is 2.13 bits per heavy atom. The van der Waals surface area contributed by atoms with Gasteiger partial charge >= 0.3 is 0 Å². The highest BCUT2D eigenvalue weighted by Crippen LogP contribution is 2.16. The zero-order chi connectivity index (χ0) is 15.9. The first-order valence-corrected chi connectivity index (χ1v) is 9.20. The van der Waals surface area contributed by atoms with Crippen LogP contribution in [0.4, 0.5) is 0 Å². The van der Waals surface area contributed by atoms with E-state index in [4.69, 9.17) is 0 Å². The molecule has 1 atom stereocenters. The monoisotopic (exact) mass is 464 g/mol. The van der Waals surface area contributed by atoms with Gasteiger partial charge in [-0.2, -0.15) is 0 Å². The van der Waals surface area contributed by atoms with Crippen molar-refractivity contribution in [2.75, 3.05) is 13.6 Å². The van der Waals surface area contributed by atoms with Crippen LogP contribution < -0.4 is 10.6 Å². The lowest BCUT2D eigenvalue weighted by atomic mass is 10.2. The lowest BCUT2D eigenvalue weighted by Gasteiger charge is -2.17. The molecule has 0 aliphatic heterocycles. The van der Waals surface area contributed by atoms with Crippen molar-refractivity contribution in [3.63, 3.8) is 0 Å². The van der Waals surface area contributed by atoms with Crippen LogP contribution in [-0.4, -0.2) is 30.6 Å². The molecule has 0 aliphatic rings. The molecule has 7 heteroatoms. The first-order chi connectivity index (χ1) is 10.6. The molecule has 0 amide bonds. The van der Waals surface area contributed by atoms with E-state index in [1.165, 1.54) is 9.75 Å². The topological polar surface area (TPSA) is 49.3 Å². The number of nitrogens with zero attached hydrogens (tertiary/aromatic N) is 2. The van der Waals surface area contributed by atoms with E-state index < -0.39 is 0 Å². The number of thiophene rings is 1. The van der Waals surface area contributed by atoms with Gasteiger partial charge in [0.2, 0.25) is 0 Å². The van der Waals surface area contributed by atoms with Gasteiger partial charge in [-0.25, -0.2) is 4.98 Å². The molecular weight excluding hydrogens is 439 g/mol. The van der Waals surface area contributed by atoms with Crippen LogP contribution in [0.3, 0.4) is 0 Å². The van der Waals surface area contributed by atoms with Crippen LogP contribution in [-0.2, 0) is 12.8 Å². The molecular formula is C16H25IN4S2. The molecule has 0 saturated carbocycles. The largest absolute Gasteiger partial charge is 0.356 e. The van der Waals surface area contributed by atoms with E-state index in [-0.39, 0.29) is 24.0 Å². The van der Waals surface area contributed by atoms with E-state index in [9.17, 15) is 0 Å². The second kappa shape index (κ2) is 10.2. The molecule has 4 nitrogen and oxygen atoms in total. The van der Waals surface area contributed by atoms with Crippen LogP contribution in [0, 0.1) is 13.8 Å². The smallest absolute Gasteiger partial charge is 0.191 e. The van der Waals surface area contributed by atoms with Crippen LogP contribution >= 0.6 is 46.7 Å². The summed E-state index contributed by atoms with van der Waals surface area (Å²) >= 11 is 3.56. The molecule has 23 heavy (non-hydrogen) atoms. The molecule has 1 unspecified atom stereocenters. The van der Waals surface area contributed by atoms with Gasteiger partial charge in [0.05, 0.1) is 10.7 Å². The summed E-state index contributed by atoms with van der Waals surface area (Å²) in [6, 6.07) is 4.74. The molecule has 2 N–H and O–H groups in total. The Kier molecular flexibility index (Phi) is 9.08. The summed E-state index contributed by atoms with van der Waals surface area (Å²) in [7, 11) is 1.81. The lowest BCUT2D eigenvalue weighted by molar-refractivity contribution is 0.644. The van der Waals surface area contributed by atoms with Crippen LogP contribution in [0.2, 0.25) is 0 Å². The second-order valence-corrected chi connectivity index (χ2v) is 7.80. The molecule has 0 spiro atoms. The van der Waals surface area contributed by atoms with E-state index in [2.05, 4.69) is 52.0 Å². The van der Waals surface area contributed by atoms with Crippen molar-refractivity contribution < 1.29 is 0 Å². The molecule has 0 bridgehead atoms. The summed E-state index contributed by atoms with van der Waals surface area (Å²) in [6.07, 6.45) is 1.94. The van der Waals surface area contributed by atoms with Crippen molar-refractivity contribution in [1.82, 2.24) is 15.6 Å². The van der Waals surface area contributed by atoms with Gasteiger partial charge in [0, 0.05) is 47.6 Å². The van der Waals surface area contributed by atoms with Crippen LogP contribution in [0.15, 0.2) is 22.5 Å². The second-order valence-electron chi connectivity index (χ2n) is 5.37. The molecule has 2 heterocycles. The fourth-order valence-electron chi connectivity index (χ4n) is 2.21. The van der Waals surface area contributed by atoms with Crippen LogP contribution in [0.5, 0.6) is 0 Å². The number of hydrogen-bond acceptors (Lipinski definition) is 4.